The Bertz CT molecular complexity index is 1130. The third-order valence-corrected chi connectivity index (χ3v) is 16.1. The van der Waals surface area contributed by atoms with Crippen LogP contribution in [0.5, 0.6) is 0 Å². The van der Waals surface area contributed by atoms with E-state index in [9.17, 15) is 15.0 Å². The quantitative estimate of drug-likeness (QED) is 0.0420. The van der Waals surface area contributed by atoms with Crippen LogP contribution in [-0.4, -0.2) is 34.9 Å². The molecule has 0 aromatic heterocycles. The molecule has 0 radical (unpaired) electrons. The summed E-state index contributed by atoms with van der Waals surface area (Å²) in [5, 5.41) is 23.2. The second-order valence-corrected chi connectivity index (χ2v) is 23.6. The fourth-order valence-electron chi connectivity index (χ4n) is 10.9. The van der Waals surface area contributed by atoms with Crippen molar-refractivity contribution in [3.63, 3.8) is 0 Å². The van der Waals surface area contributed by atoms with Gasteiger partial charge in [0.15, 0.2) is 0 Å². The zero-order chi connectivity index (χ0) is 53.4. The summed E-state index contributed by atoms with van der Waals surface area (Å²) in [6.07, 6.45) is 90.9. The van der Waals surface area contributed by atoms with Crippen LogP contribution in [0.25, 0.3) is 0 Å². The molecular formula is C70H135NO3. The average molecular weight is 1040 g/mol. The first-order valence-electron chi connectivity index (χ1n) is 34.2. The van der Waals surface area contributed by atoms with Crippen molar-refractivity contribution in [1.82, 2.24) is 5.32 Å². The molecule has 0 saturated heterocycles. The molecule has 0 aliphatic carbocycles. The fraction of sp³-hybridized carbons (Fsp3) is 0.900. The first-order valence-corrected chi connectivity index (χ1v) is 34.2. The summed E-state index contributed by atoms with van der Waals surface area (Å²) in [7, 11) is 0. The molecule has 2 atom stereocenters. The molecule has 438 valence electrons. The van der Waals surface area contributed by atoms with E-state index in [-0.39, 0.29) is 12.5 Å². The Morgan fingerprint density at radius 2 is 0.527 bits per heavy atom. The Morgan fingerprint density at radius 3 is 0.784 bits per heavy atom. The first-order chi connectivity index (χ1) is 36.7. The normalized spacial score (nSPS) is 12.9. The standard InChI is InChI=1S/C70H135NO3/c1-3-5-7-9-11-13-15-17-19-21-23-25-27-29-31-33-35-36-38-40-42-44-46-48-50-52-54-56-58-60-62-64-66-70(74)71-68(67-72)69(73)65-63-61-59-57-55-53-51-49-47-45-43-41-39-37-34-32-30-28-26-24-22-20-18-16-14-12-10-8-6-4-2/h47,49,55,57,63,65,68-69,72-73H,3-46,48,50-54,56,58-62,64,66-67H2,1-2H3,(H,71,74)/b49-47+,57-55+,65-63+. The molecule has 0 fully saturated rings. The zero-order valence-corrected chi connectivity index (χ0v) is 50.6. The van der Waals surface area contributed by atoms with Gasteiger partial charge in [0.1, 0.15) is 0 Å². The van der Waals surface area contributed by atoms with Crippen LogP contribution in [0.4, 0.5) is 0 Å². The molecule has 3 N–H and O–H groups in total. The van der Waals surface area contributed by atoms with Crippen LogP contribution in [0, 0.1) is 0 Å². The van der Waals surface area contributed by atoms with Gasteiger partial charge in [0, 0.05) is 6.42 Å². The van der Waals surface area contributed by atoms with E-state index in [2.05, 4.69) is 43.5 Å². The highest BCUT2D eigenvalue weighted by Crippen LogP contribution is 2.19. The van der Waals surface area contributed by atoms with Gasteiger partial charge in [-0.25, -0.2) is 0 Å². The summed E-state index contributed by atoms with van der Waals surface area (Å²) >= 11 is 0. The van der Waals surface area contributed by atoms with Crippen molar-refractivity contribution in [3.05, 3.63) is 36.5 Å². The number of carbonyl (C=O) groups excluding carboxylic acids is 1. The highest BCUT2D eigenvalue weighted by atomic mass is 16.3. The molecule has 74 heavy (non-hydrogen) atoms. The van der Waals surface area contributed by atoms with E-state index in [1.165, 1.54) is 327 Å². The second kappa shape index (κ2) is 65.9. The fourth-order valence-corrected chi connectivity index (χ4v) is 10.9. The summed E-state index contributed by atoms with van der Waals surface area (Å²) in [5.41, 5.74) is 0. The van der Waals surface area contributed by atoms with Crippen molar-refractivity contribution in [2.24, 2.45) is 0 Å². The van der Waals surface area contributed by atoms with Crippen molar-refractivity contribution in [2.75, 3.05) is 6.61 Å². The SMILES string of the molecule is CCCCCCCCCCCCCCCCCCCCCC/C=C/CC/C=C/CC/C=C/C(O)C(CO)NC(=O)CCCCCCCCCCCCCCCCCCCCCCCCCCCCCCCCCC. The molecular weight excluding hydrogens is 903 g/mol. The van der Waals surface area contributed by atoms with Gasteiger partial charge in [-0.15, -0.1) is 0 Å². The number of aliphatic hydroxyl groups excluding tert-OH is 2. The average Bonchev–Trinajstić information content (AvgIpc) is 3.40. The highest BCUT2D eigenvalue weighted by molar-refractivity contribution is 5.76. The molecule has 0 aliphatic heterocycles. The predicted molar refractivity (Wildman–Crippen MR) is 332 cm³/mol. The summed E-state index contributed by atoms with van der Waals surface area (Å²) < 4.78 is 0. The number of hydrogen-bond acceptors (Lipinski definition) is 3. The molecule has 1 amide bonds. The van der Waals surface area contributed by atoms with E-state index in [0.29, 0.717) is 6.42 Å². The van der Waals surface area contributed by atoms with Crippen molar-refractivity contribution in [3.8, 4) is 0 Å². The number of rotatable bonds is 64. The van der Waals surface area contributed by atoms with Crippen molar-refractivity contribution >= 4 is 5.91 Å². The minimum absolute atomic E-state index is 0.0696. The Kier molecular flexibility index (Phi) is 64.7. The molecule has 0 aromatic rings. The molecule has 0 heterocycles. The molecule has 0 aliphatic rings. The number of amides is 1. The van der Waals surface area contributed by atoms with E-state index < -0.39 is 12.1 Å². The van der Waals surface area contributed by atoms with Crippen LogP contribution >= 0.6 is 0 Å². The van der Waals surface area contributed by atoms with Gasteiger partial charge >= 0.3 is 0 Å². The van der Waals surface area contributed by atoms with E-state index >= 15 is 0 Å². The van der Waals surface area contributed by atoms with Gasteiger partial charge in [0.25, 0.3) is 0 Å². The minimum Gasteiger partial charge on any atom is -0.394 e. The van der Waals surface area contributed by atoms with Crippen molar-refractivity contribution in [2.45, 2.75) is 398 Å². The van der Waals surface area contributed by atoms with Crippen LogP contribution in [0.15, 0.2) is 36.5 Å². The zero-order valence-electron chi connectivity index (χ0n) is 50.6. The smallest absolute Gasteiger partial charge is 0.220 e. The van der Waals surface area contributed by atoms with Gasteiger partial charge in [0.05, 0.1) is 18.8 Å². The maximum Gasteiger partial charge on any atom is 0.220 e. The number of nitrogens with one attached hydrogen (secondary N) is 1. The van der Waals surface area contributed by atoms with Crippen LogP contribution in [0.2, 0.25) is 0 Å². The summed E-state index contributed by atoms with van der Waals surface area (Å²) in [5.74, 6) is -0.0696. The monoisotopic (exact) mass is 1040 g/mol. The van der Waals surface area contributed by atoms with Gasteiger partial charge in [-0.1, -0.05) is 371 Å². The Balaban J connectivity index is 3.46. The maximum absolute atomic E-state index is 12.5. The van der Waals surface area contributed by atoms with E-state index in [4.69, 9.17) is 0 Å². The van der Waals surface area contributed by atoms with Gasteiger partial charge in [-0.05, 0) is 44.9 Å². The second-order valence-electron chi connectivity index (χ2n) is 23.6. The topological polar surface area (TPSA) is 69.6 Å². The van der Waals surface area contributed by atoms with E-state index in [1.54, 1.807) is 6.08 Å². The first kappa shape index (κ1) is 72.6. The molecule has 0 aromatic carbocycles. The Hall–Kier alpha value is -1.39. The van der Waals surface area contributed by atoms with E-state index in [1.807, 2.05) is 6.08 Å². The molecule has 4 nitrogen and oxygen atoms in total. The number of allylic oxidation sites excluding steroid dienone is 5. The number of unbranched alkanes of at least 4 members (excludes halogenated alkanes) is 53. The Morgan fingerprint density at radius 1 is 0.311 bits per heavy atom. The van der Waals surface area contributed by atoms with Gasteiger partial charge in [0.2, 0.25) is 5.91 Å². The molecule has 0 rings (SSSR count). The minimum atomic E-state index is -0.870. The van der Waals surface area contributed by atoms with E-state index in [0.717, 1.165) is 38.5 Å². The molecule has 0 spiro atoms. The van der Waals surface area contributed by atoms with Gasteiger partial charge in [-0.2, -0.15) is 0 Å². The molecule has 0 bridgehead atoms. The number of hydrogen-bond donors (Lipinski definition) is 3. The Labute approximate surface area is 465 Å². The van der Waals surface area contributed by atoms with Gasteiger partial charge < -0.3 is 15.5 Å². The lowest BCUT2D eigenvalue weighted by molar-refractivity contribution is -0.123. The van der Waals surface area contributed by atoms with Crippen LogP contribution < -0.4 is 5.32 Å². The lowest BCUT2D eigenvalue weighted by atomic mass is 10.0. The lowest BCUT2D eigenvalue weighted by Crippen LogP contribution is -2.45. The van der Waals surface area contributed by atoms with Crippen LogP contribution in [0.3, 0.4) is 0 Å². The van der Waals surface area contributed by atoms with Gasteiger partial charge in [-0.3, -0.25) is 4.79 Å². The molecule has 2 unspecified atom stereocenters. The number of aliphatic hydroxyl groups is 2. The maximum atomic E-state index is 12.5. The van der Waals surface area contributed by atoms with Crippen LogP contribution in [-0.2, 0) is 4.79 Å². The molecule has 0 saturated carbocycles. The summed E-state index contributed by atoms with van der Waals surface area (Å²) in [6.45, 7) is 4.34. The lowest BCUT2D eigenvalue weighted by Gasteiger charge is -2.19. The van der Waals surface area contributed by atoms with Crippen molar-refractivity contribution < 1.29 is 15.0 Å². The van der Waals surface area contributed by atoms with Crippen LogP contribution in [0.1, 0.15) is 386 Å². The summed E-state index contributed by atoms with van der Waals surface area (Å²) in [4.78, 5) is 12.5. The largest absolute Gasteiger partial charge is 0.394 e. The predicted octanol–water partition coefficient (Wildman–Crippen LogP) is 23.2. The molecule has 4 heteroatoms. The third kappa shape index (κ3) is 61.5. The summed E-state index contributed by atoms with van der Waals surface area (Å²) in [6, 6.07) is -0.645. The van der Waals surface area contributed by atoms with Crippen molar-refractivity contribution in [1.29, 1.82) is 0 Å². The third-order valence-electron chi connectivity index (χ3n) is 16.1. The highest BCUT2D eigenvalue weighted by Gasteiger charge is 2.18. The number of carbonyl (C=O) groups is 1.